The minimum Gasteiger partial charge on any atom is -0.494 e. The number of nitrogens with one attached hydrogen (secondary N) is 1. The van der Waals surface area contributed by atoms with Crippen molar-refractivity contribution >= 4 is 22.6 Å². The van der Waals surface area contributed by atoms with Crippen LogP contribution in [0.5, 0.6) is 5.75 Å². The molecule has 8 heteroatoms. The fourth-order valence-electron chi connectivity index (χ4n) is 2.18. The van der Waals surface area contributed by atoms with Crippen molar-refractivity contribution in [1.29, 1.82) is 0 Å². The lowest BCUT2D eigenvalue weighted by Crippen LogP contribution is -2.15. The number of anilines is 1. The fourth-order valence-corrected chi connectivity index (χ4v) is 2.18. The quantitative estimate of drug-likeness (QED) is 0.771. The lowest BCUT2D eigenvalue weighted by molar-refractivity contribution is -0.116. The molecule has 0 aliphatic rings. The third-order valence-electron chi connectivity index (χ3n) is 3.38. The maximum absolute atomic E-state index is 12.1. The molecule has 0 aliphatic heterocycles. The van der Waals surface area contributed by atoms with Gasteiger partial charge in [0, 0.05) is 25.4 Å². The normalized spacial score (nSPS) is 10.8. The third-order valence-corrected chi connectivity index (χ3v) is 3.38. The predicted molar refractivity (Wildman–Crippen MR) is 78.6 cm³/mol. The fraction of sp³-hybridized carbons (Fsp3) is 0.286. The number of hydrogen-bond donors (Lipinski definition) is 1. The smallest absolute Gasteiger partial charge is 0.226 e. The van der Waals surface area contributed by atoms with Crippen LogP contribution in [-0.4, -0.2) is 32.9 Å². The van der Waals surface area contributed by atoms with Crippen molar-refractivity contribution in [2.75, 3.05) is 12.4 Å². The van der Waals surface area contributed by atoms with Crippen LogP contribution in [0.4, 0.5) is 5.69 Å². The first-order valence-corrected chi connectivity index (χ1v) is 6.76. The van der Waals surface area contributed by atoms with E-state index in [9.17, 15) is 4.79 Å². The molecule has 0 saturated carbocycles. The van der Waals surface area contributed by atoms with Crippen molar-refractivity contribution in [3.63, 3.8) is 0 Å². The SMILES string of the molecule is COc1ccc(NC(=O)CCn2ccnc2C)c2nonc12. The van der Waals surface area contributed by atoms with Gasteiger partial charge in [-0.15, -0.1) is 0 Å². The number of methoxy groups -OCH3 is 1. The van der Waals surface area contributed by atoms with E-state index in [1.807, 2.05) is 17.7 Å². The molecule has 8 nitrogen and oxygen atoms in total. The molecule has 1 amide bonds. The topological polar surface area (TPSA) is 95.1 Å². The van der Waals surface area contributed by atoms with E-state index in [0.29, 0.717) is 35.4 Å². The van der Waals surface area contributed by atoms with Crippen molar-refractivity contribution < 1.29 is 14.2 Å². The molecule has 114 valence electrons. The van der Waals surface area contributed by atoms with Gasteiger partial charge in [-0.2, -0.15) is 0 Å². The van der Waals surface area contributed by atoms with E-state index < -0.39 is 0 Å². The molecule has 0 saturated heterocycles. The summed E-state index contributed by atoms with van der Waals surface area (Å²) >= 11 is 0. The first kappa shape index (κ1) is 14.1. The number of benzene rings is 1. The van der Waals surface area contributed by atoms with Gasteiger partial charge in [-0.25, -0.2) is 9.61 Å². The summed E-state index contributed by atoms with van der Waals surface area (Å²) in [5.74, 6) is 1.30. The monoisotopic (exact) mass is 301 g/mol. The summed E-state index contributed by atoms with van der Waals surface area (Å²) < 4.78 is 11.8. The highest BCUT2D eigenvalue weighted by Crippen LogP contribution is 2.28. The number of aryl methyl sites for hydroxylation is 2. The summed E-state index contributed by atoms with van der Waals surface area (Å²) in [6.45, 7) is 2.46. The second kappa shape index (κ2) is 5.84. The summed E-state index contributed by atoms with van der Waals surface area (Å²) in [7, 11) is 1.54. The Kier molecular flexibility index (Phi) is 3.73. The lowest BCUT2D eigenvalue weighted by Gasteiger charge is -2.08. The zero-order valence-electron chi connectivity index (χ0n) is 12.2. The van der Waals surface area contributed by atoms with Gasteiger partial charge in [-0.05, 0) is 29.4 Å². The maximum Gasteiger partial charge on any atom is 0.226 e. The molecule has 2 aromatic heterocycles. The number of aromatic nitrogens is 4. The number of imidazole rings is 1. The maximum atomic E-state index is 12.1. The number of carbonyl (C=O) groups is 1. The van der Waals surface area contributed by atoms with Crippen LogP contribution in [0.15, 0.2) is 29.2 Å². The van der Waals surface area contributed by atoms with Gasteiger partial charge in [0.2, 0.25) is 5.91 Å². The van der Waals surface area contributed by atoms with Gasteiger partial charge in [0.25, 0.3) is 0 Å². The number of ether oxygens (including phenoxy) is 1. The van der Waals surface area contributed by atoms with Crippen LogP contribution in [0.1, 0.15) is 12.2 Å². The van der Waals surface area contributed by atoms with Gasteiger partial charge in [0.05, 0.1) is 12.8 Å². The van der Waals surface area contributed by atoms with Crippen LogP contribution < -0.4 is 10.1 Å². The van der Waals surface area contributed by atoms with E-state index in [-0.39, 0.29) is 5.91 Å². The summed E-state index contributed by atoms with van der Waals surface area (Å²) in [6, 6.07) is 3.42. The van der Waals surface area contributed by atoms with E-state index in [4.69, 9.17) is 9.37 Å². The minimum absolute atomic E-state index is 0.123. The Labute approximate surface area is 126 Å². The van der Waals surface area contributed by atoms with E-state index in [1.165, 1.54) is 7.11 Å². The van der Waals surface area contributed by atoms with Crippen molar-refractivity contribution in [2.45, 2.75) is 19.9 Å². The lowest BCUT2D eigenvalue weighted by atomic mass is 10.2. The number of fused-ring (bicyclic) bond motifs is 1. The molecule has 0 aliphatic carbocycles. The van der Waals surface area contributed by atoms with E-state index in [1.54, 1.807) is 18.3 Å². The van der Waals surface area contributed by atoms with E-state index in [2.05, 4.69) is 20.6 Å². The molecule has 0 fully saturated rings. The first-order chi connectivity index (χ1) is 10.7. The molecular formula is C14H15N5O3. The van der Waals surface area contributed by atoms with Gasteiger partial charge >= 0.3 is 0 Å². The largest absolute Gasteiger partial charge is 0.494 e. The average Bonchev–Trinajstić information content (AvgIpc) is 3.15. The van der Waals surface area contributed by atoms with E-state index >= 15 is 0 Å². The van der Waals surface area contributed by atoms with Crippen molar-refractivity contribution in [3.05, 3.63) is 30.4 Å². The molecule has 3 aromatic rings. The molecule has 1 N–H and O–H groups in total. The van der Waals surface area contributed by atoms with Gasteiger partial charge in [-0.1, -0.05) is 0 Å². The Morgan fingerprint density at radius 2 is 2.18 bits per heavy atom. The van der Waals surface area contributed by atoms with Crippen LogP contribution >= 0.6 is 0 Å². The van der Waals surface area contributed by atoms with Crippen LogP contribution in [-0.2, 0) is 11.3 Å². The molecule has 0 spiro atoms. The van der Waals surface area contributed by atoms with Gasteiger partial charge in [0.15, 0.2) is 16.8 Å². The number of hydrogen-bond acceptors (Lipinski definition) is 6. The number of carbonyl (C=O) groups excluding carboxylic acids is 1. The molecular weight excluding hydrogens is 286 g/mol. The molecule has 1 aromatic carbocycles. The van der Waals surface area contributed by atoms with Crippen LogP contribution in [0, 0.1) is 6.92 Å². The van der Waals surface area contributed by atoms with Crippen molar-refractivity contribution in [1.82, 2.24) is 19.9 Å². The molecule has 0 unspecified atom stereocenters. The molecule has 2 heterocycles. The van der Waals surface area contributed by atoms with Crippen molar-refractivity contribution in [3.8, 4) is 5.75 Å². The third kappa shape index (κ3) is 2.62. The standard InChI is InChI=1S/C14H15N5O3/c1-9-15-6-8-19(9)7-5-12(20)16-10-3-4-11(21-2)14-13(10)17-22-18-14/h3-4,6,8H,5,7H2,1-2H3,(H,16,20). The van der Waals surface area contributed by atoms with Gasteiger partial charge < -0.3 is 14.6 Å². The highest BCUT2D eigenvalue weighted by atomic mass is 16.6. The first-order valence-electron chi connectivity index (χ1n) is 6.76. The highest BCUT2D eigenvalue weighted by molar-refractivity contribution is 6.00. The second-order valence-electron chi connectivity index (χ2n) is 4.74. The van der Waals surface area contributed by atoms with Crippen molar-refractivity contribution in [2.24, 2.45) is 0 Å². The molecule has 0 atom stereocenters. The summed E-state index contributed by atoms with van der Waals surface area (Å²) in [5.41, 5.74) is 1.49. The summed E-state index contributed by atoms with van der Waals surface area (Å²) in [5, 5.41) is 10.4. The minimum atomic E-state index is -0.123. The number of nitrogens with zero attached hydrogens (tertiary/aromatic N) is 4. The molecule has 22 heavy (non-hydrogen) atoms. The predicted octanol–water partition coefficient (Wildman–Crippen LogP) is 1.77. The Morgan fingerprint density at radius 3 is 2.91 bits per heavy atom. The Morgan fingerprint density at radius 1 is 1.36 bits per heavy atom. The Hall–Kier alpha value is -2.90. The summed E-state index contributed by atoms with van der Waals surface area (Å²) in [6.07, 6.45) is 3.88. The summed E-state index contributed by atoms with van der Waals surface area (Å²) in [4.78, 5) is 16.2. The Bertz CT molecular complexity index is 808. The van der Waals surface area contributed by atoms with Crippen LogP contribution in [0.2, 0.25) is 0 Å². The second-order valence-corrected chi connectivity index (χ2v) is 4.74. The highest BCUT2D eigenvalue weighted by Gasteiger charge is 2.14. The zero-order chi connectivity index (χ0) is 15.5. The van der Waals surface area contributed by atoms with E-state index in [0.717, 1.165) is 5.82 Å². The molecule has 0 bridgehead atoms. The number of amides is 1. The Balaban J connectivity index is 1.72. The molecule has 0 radical (unpaired) electrons. The zero-order valence-corrected chi connectivity index (χ0v) is 12.2. The van der Waals surface area contributed by atoms with Gasteiger partial charge in [-0.3, -0.25) is 4.79 Å². The molecule has 3 rings (SSSR count). The van der Waals surface area contributed by atoms with Crippen LogP contribution in [0.3, 0.4) is 0 Å². The van der Waals surface area contributed by atoms with Crippen LogP contribution in [0.25, 0.3) is 11.0 Å². The number of rotatable bonds is 5. The van der Waals surface area contributed by atoms with Gasteiger partial charge in [0.1, 0.15) is 5.82 Å². The average molecular weight is 301 g/mol.